The molecule has 1 aliphatic carbocycles. The molecule has 0 heterocycles. The zero-order chi connectivity index (χ0) is 15.9. The highest BCUT2D eigenvalue weighted by atomic mass is 16.1. The molecule has 2 unspecified atom stereocenters. The molecule has 1 amide bonds. The first-order valence-corrected chi connectivity index (χ1v) is 8.48. The third-order valence-electron chi connectivity index (χ3n) is 5.18. The fraction of sp³-hybridized carbons (Fsp3) is 0.938. The number of carbonyl (C=O) groups excluding carboxylic acids is 1. The van der Waals surface area contributed by atoms with Crippen LogP contribution < -0.4 is 11.1 Å². The molecule has 0 aromatic heterocycles. The first-order chi connectivity index (χ1) is 10.0. The number of carbonyl (C=O) groups is 1. The monoisotopic (exact) mass is 298 g/mol. The summed E-state index contributed by atoms with van der Waals surface area (Å²) in [5.41, 5.74) is 5.11. The lowest BCUT2D eigenvalue weighted by Crippen LogP contribution is -2.53. The molecule has 21 heavy (non-hydrogen) atoms. The minimum atomic E-state index is -0.489. The van der Waals surface area contributed by atoms with Crippen LogP contribution in [0.1, 0.15) is 46.5 Å². The van der Waals surface area contributed by atoms with Crippen molar-refractivity contribution < 1.29 is 4.79 Å². The van der Waals surface area contributed by atoms with E-state index in [1.54, 1.807) is 0 Å². The smallest absolute Gasteiger partial charge is 0.237 e. The summed E-state index contributed by atoms with van der Waals surface area (Å²) < 4.78 is 0. The van der Waals surface area contributed by atoms with E-state index in [0.29, 0.717) is 6.04 Å². The molecule has 2 atom stereocenters. The molecule has 3 N–H and O–H groups in total. The summed E-state index contributed by atoms with van der Waals surface area (Å²) in [6.45, 7) is 12.2. The van der Waals surface area contributed by atoms with E-state index in [1.807, 2.05) is 7.05 Å². The fourth-order valence-electron chi connectivity index (χ4n) is 3.54. The number of hydrogen-bond donors (Lipinski definition) is 2. The molecule has 124 valence electrons. The quantitative estimate of drug-likeness (QED) is 0.632. The van der Waals surface area contributed by atoms with Gasteiger partial charge in [0.2, 0.25) is 5.91 Å². The zero-order valence-corrected chi connectivity index (χ0v) is 14.3. The van der Waals surface area contributed by atoms with Gasteiger partial charge in [0.05, 0.1) is 5.54 Å². The number of nitrogens with two attached hydrogens (primary N) is 1. The maximum atomic E-state index is 11.7. The Labute approximate surface area is 130 Å². The molecule has 1 rings (SSSR count). The summed E-state index contributed by atoms with van der Waals surface area (Å²) in [6, 6.07) is 0.478. The third kappa shape index (κ3) is 4.66. The highest BCUT2D eigenvalue weighted by Crippen LogP contribution is 2.32. The molecule has 0 aromatic rings. The highest BCUT2D eigenvalue weighted by molar-refractivity contribution is 5.85. The van der Waals surface area contributed by atoms with Crippen molar-refractivity contribution in [3.63, 3.8) is 0 Å². The van der Waals surface area contributed by atoms with Crippen molar-refractivity contribution in [2.24, 2.45) is 5.73 Å². The molecule has 0 bridgehead atoms. The minimum Gasteiger partial charge on any atom is -0.368 e. The largest absolute Gasteiger partial charge is 0.368 e. The normalized spacial score (nSPS) is 25.9. The number of rotatable bonds is 10. The second kappa shape index (κ2) is 8.71. The molecule has 0 saturated heterocycles. The number of hydrogen-bond acceptors (Lipinski definition) is 4. The lowest BCUT2D eigenvalue weighted by atomic mass is 9.96. The molecule has 1 fully saturated rings. The summed E-state index contributed by atoms with van der Waals surface area (Å²) in [7, 11) is 1.85. The van der Waals surface area contributed by atoms with Crippen LogP contribution in [0.3, 0.4) is 0 Å². The first-order valence-electron chi connectivity index (χ1n) is 8.48. The lowest BCUT2D eigenvalue weighted by Gasteiger charge is -2.31. The van der Waals surface area contributed by atoms with E-state index < -0.39 is 5.54 Å². The summed E-state index contributed by atoms with van der Waals surface area (Å²) in [5, 5.41) is 3.17. The van der Waals surface area contributed by atoms with E-state index in [4.69, 9.17) is 5.73 Å². The highest BCUT2D eigenvalue weighted by Gasteiger charge is 2.44. The molecular formula is C16H34N4O. The third-order valence-corrected chi connectivity index (χ3v) is 5.18. The van der Waals surface area contributed by atoms with Crippen LogP contribution in [0.4, 0.5) is 0 Å². The fourth-order valence-corrected chi connectivity index (χ4v) is 3.54. The molecular weight excluding hydrogens is 264 g/mol. The SMILES string of the molecule is CCN(CC)CCCN(CC)C1CCC(NC)(C(N)=O)C1. The van der Waals surface area contributed by atoms with Gasteiger partial charge in [-0.1, -0.05) is 20.8 Å². The second-order valence-corrected chi connectivity index (χ2v) is 6.10. The topological polar surface area (TPSA) is 61.6 Å². The Kier molecular flexibility index (Phi) is 7.63. The van der Waals surface area contributed by atoms with Crippen LogP contribution in [-0.2, 0) is 4.79 Å². The Hall–Kier alpha value is -0.650. The molecule has 5 nitrogen and oxygen atoms in total. The number of nitrogens with one attached hydrogen (secondary N) is 1. The van der Waals surface area contributed by atoms with Crippen LogP contribution in [0.2, 0.25) is 0 Å². The van der Waals surface area contributed by atoms with Crippen molar-refractivity contribution >= 4 is 5.91 Å². The molecule has 0 radical (unpaired) electrons. The Balaban J connectivity index is 2.48. The Bertz CT molecular complexity index is 319. The summed E-state index contributed by atoms with van der Waals surface area (Å²) in [6.07, 6.45) is 3.95. The molecule has 1 aliphatic rings. The van der Waals surface area contributed by atoms with Gasteiger partial charge in [-0.05, 0) is 65.5 Å². The number of primary amides is 1. The van der Waals surface area contributed by atoms with E-state index in [1.165, 1.54) is 6.42 Å². The van der Waals surface area contributed by atoms with Gasteiger partial charge in [0.1, 0.15) is 0 Å². The van der Waals surface area contributed by atoms with E-state index in [-0.39, 0.29) is 5.91 Å². The van der Waals surface area contributed by atoms with Crippen LogP contribution in [0, 0.1) is 0 Å². The number of nitrogens with zero attached hydrogens (tertiary/aromatic N) is 2. The van der Waals surface area contributed by atoms with E-state index >= 15 is 0 Å². The van der Waals surface area contributed by atoms with E-state index in [9.17, 15) is 4.79 Å². The van der Waals surface area contributed by atoms with E-state index in [0.717, 1.165) is 52.0 Å². The van der Waals surface area contributed by atoms with Crippen molar-refractivity contribution in [1.29, 1.82) is 0 Å². The second-order valence-electron chi connectivity index (χ2n) is 6.10. The molecule has 1 saturated carbocycles. The maximum Gasteiger partial charge on any atom is 0.237 e. The van der Waals surface area contributed by atoms with Crippen molar-refractivity contribution in [3.8, 4) is 0 Å². The summed E-state index contributed by atoms with van der Waals surface area (Å²) in [4.78, 5) is 16.7. The standard InChI is InChI=1S/C16H34N4O/c1-5-19(6-2)11-8-12-20(7-3)14-9-10-16(13-14,18-4)15(17)21/h14,18H,5-13H2,1-4H3,(H2,17,21). The van der Waals surface area contributed by atoms with E-state index in [2.05, 4.69) is 35.9 Å². The number of amides is 1. The van der Waals surface area contributed by atoms with Gasteiger partial charge < -0.3 is 20.9 Å². The predicted octanol–water partition coefficient (Wildman–Crippen LogP) is 1.04. The van der Waals surface area contributed by atoms with Gasteiger partial charge in [-0.3, -0.25) is 4.79 Å². The van der Waals surface area contributed by atoms with Gasteiger partial charge in [-0.15, -0.1) is 0 Å². The zero-order valence-electron chi connectivity index (χ0n) is 14.3. The first kappa shape index (κ1) is 18.4. The average Bonchev–Trinajstić information content (AvgIpc) is 2.93. The lowest BCUT2D eigenvalue weighted by molar-refractivity contribution is -0.124. The Morgan fingerprint density at radius 1 is 1.24 bits per heavy atom. The maximum absolute atomic E-state index is 11.7. The Morgan fingerprint density at radius 2 is 1.90 bits per heavy atom. The minimum absolute atomic E-state index is 0.202. The van der Waals surface area contributed by atoms with Gasteiger partial charge in [-0.2, -0.15) is 0 Å². The summed E-state index contributed by atoms with van der Waals surface area (Å²) >= 11 is 0. The molecule has 0 aliphatic heterocycles. The van der Waals surface area contributed by atoms with Crippen LogP contribution in [0.5, 0.6) is 0 Å². The summed E-state index contributed by atoms with van der Waals surface area (Å²) in [5.74, 6) is -0.202. The van der Waals surface area contributed by atoms with Gasteiger partial charge in [-0.25, -0.2) is 0 Å². The average molecular weight is 298 g/mol. The Morgan fingerprint density at radius 3 is 2.33 bits per heavy atom. The molecule has 5 heteroatoms. The molecule has 0 aromatic carbocycles. The van der Waals surface area contributed by atoms with Crippen LogP contribution in [0.15, 0.2) is 0 Å². The van der Waals surface area contributed by atoms with Crippen LogP contribution in [0.25, 0.3) is 0 Å². The van der Waals surface area contributed by atoms with Gasteiger partial charge in [0.15, 0.2) is 0 Å². The van der Waals surface area contributed by atoms with Gasteiger partial charge in [0.25, 0.3) is 0 Å². The van der Waals surface area contributed by atoms with Crippen molar-refractivity contribution in [2.75, 3.05) is 39.8 Å². The van der Waals surface area contributed by atoms with Gasteiger partial charge >= 0.3 is 0 Å². The van der Waals surface area contributed by atoms with Crippen molar-refractivity contribution in [3.05, 3.63) is 0 Å². The molecule has 0 spiro atoms. The van der Waals surface area contributed by atoms with Crippen molar-refractivity contribution in [2.45, 2.75) is 58.0 Å². The van der Waals surface area contributed by atoms with Gasteiger partial charge in [0, 0.05) is 6.04 Å². The predicted molar refractivity (Wildman–Crippen MR) is 88.3 cm³/mol. The van der Waals surface area contributed by atoms with Crippen molar-refractivity contribution in [1.82, 2.24) is 15.1 Å². The number of likely N-dealkylation sites (N-methyl/N-ethyl adjacent to an activating group) is 1. The van der Waals surface area contributed by atoms with Crippen LogP contribution >= 0.6 is 0 Å². The van der Waals surface area contributed by atoms with Crippen LogP contribution in [-0.4, -0.2) is 67.1 Å².